The number of rotatable bonds is 6. The number of benzene rings is 2. The van der Waals surface area contributed by atoms with Crippen molar-refractivity contribution in [2.45, 2.75) is 24.4 Å². The molecule has 32 heavy (non-hydrogen) atoms. The third-order valence-corrected chi connectivity index (χ3v) is 5.87. The van der Waals surface area contributed by atoms with E-state index in [2.05, 4.69) is 10.0 Å². The van der Waals surface area contributed by atoms with Crippen molar-refractivity contribution in [3.05, 3.63) is 53.6 Å². The minimum Gasteiger partial charge on any atom is -0.494 e. The molecule has 1 fully saturated rings. The van der Waals surface area contributed by atoms with E-state index in [4.69, 9.17) is 9.47 Å². The van der Waals surface area contributed by atoms with Crippen LogP contribution in [0.4, 0.5) is 24.5 Å². The van der Waals surface area contributed by atoms with Crippen LogP contribution in [0.1, 0.15) is 24.0 Å². The van der Waals surface area contributed by atoms with E-state index in [1.54, 1.807) is 0 Å². The van der Waals surface area contributed by atoms with Crippen molar-refractivity contribution in [2.75, 3.05) is 36.6 Å². The zero-order valence-electron chi connectivity index (χ0n) is 17.5. The van der Waals surface area contributed by atoms with Gasteiger partial charge in [-0.3, -0.25) is 9.52 Å². The quantitative estimate of drug-likeness (QED) is 0.668. The summed E-state index contributed by atoms with van der Waals surface area (Å²) < 4.78 is 75.7. The summed E-state index contributed by atoms with van der Waals surface area (Å²) in [5.74, 6) is -0.306. The number of methoxy groups -OCH3 is 1. The van der Waals surface area contributed by atoms with Gasteiger partial charge in [0.25, 0.3) is 0 Å². The Morgan fingerprint density at radius 1 is 1.12 bits per heavy atom. The Hall–Kier alpha value is -2.79. The molecule has 0 unspecified atom stereocenters. The fraction of sp³-hybridized carbons (Fsp3) is 0.381. The summed E-state index contributed by atoms with van der Waals surface area (Å²) in [6.07, 6.45) is -3.11. The molecule has 2 aromatic carbocycles. The smallest absolute Gasteiger partial charge is 0.416 e. The van der Waals surface area contributed by atoms with Crippen LogP contribution in [0.2, 0.25) is 0 Å². The molecule has 0 aliphatic carbocycles. The monoisotopic (exact) mass is 472 g/mol. The summed E-state index contributed by atoms with van der Waals surface area (Å²) in [7, 11) is -2.20. The molecule has 0 radical (unpaired) electrons. The average molecular weight is 472 g/mol. The second kappa shape index (κ2) is 8.99. The lowest BCUT2D eigenvalue weighted by molar-refractivity contribution is -0.138. The largest absolute Gasteiger partial charge is 0.494 e. The summed E-state index contributed by atoms with van der Waals surface area (Å²) in [5, 5.41) is 2.74. The maximum Gasteiger partial charge on any atom is 0.416 e. The van der Waals surface area contributed by atoms with Crippen molar-refractivity contribution in [2.24, 2.45) is 0 Å². The molecule has 0 bridgehead atoms. The normalized spacial score (nSPS) is 16.3. The topological polar surface area (TPSA) is 93.7 Å². The highest BCUT2D eigenvalue weighted by Crippen LogP contribution is 2.39. The third-order valence-electron chi connectivity index (χ3n) is 5.28. The summed E-state index contributed by atoms with van der Waals surface area (Å²) in [6, 6.07) is 9.11. The molecule has 3 rings (SSSR count). The van der Waals surface area contributed by atoms with Gasteiger partial charge in [-0.05, 0) is 36.6 Å². The second-order valence-corrected chi connectivity index (χ2v) is 9.26. The van der Waals surface area contributed by atoms with E-state index in [0.29, 0.717) is 5.69 Å². The van der Waals surface area contributed by atoms with Crippen molar-refractivity contribution in [3.8, 4) is 5.75 Å². The molecule has 1 aliphatic heterocycles. The minimum absolute atomic E-state index is 0.174. The van der Waals surface area contributed by atoms with Gasteiger partial charge >= 0.3 is 6.18 Å². The molecule has 7 nitrogen and oxygen atoms in total. The van der Waals surface area contributed by atoms with Crippen molar-refractivity contribution >= 4 is 27.3 Å². The molecule has 0 atom stereocenters. The van der Waals surface area contributed by atoms with Crippen LogP contribution < -0.4 is 14.8 Å². The number of anilines is 2. The maximum atomic E-state index is 13.4. The Morgan fingerprint density at radius 3 is 2.41 bits per heavy atom. The molecule has 2 N–H and O–H groups in total. The van der Waals surface area contributed by atoms with Gasteiger partial charge in [0.2, 0.25) is 15.9 Å². The standard InChI is InChI=1S/C21H23F3N2O5S/c1-30-18-13-16(6-7-17(18)26-32(2,28)29)25-19(27)20(8-10-31-11-9-20)14-4-3-5-15(12-14)21(22,23)24/h3-7,12-13,26H,8-11H2,1-2H3,(H,25,27). The van der Waals surface area contributed by atoms with Crippen LogP contribution in [0.25, 0.3) is 0 Å². The van der Waals surface area contributed by atoms with Gasteiger partial charge in [-0.15, -0.1) is 0 Å². The number of halogens is 3. The predicted octanol–water partition coefficient (Wildman–Crippen LogP) is 3.77. The van der Waals surface area contributed by atoms with E-state index in [1.807, 2.05) is 0 Å². The van der Waals surface area contributed by atoms with Gasteiger partial charge < -0.3 is 14.8 Å². The zero-order chi connectivity index (χ0) is 23.6. The van der Waals surface area contributed by atoms with E-state index < -0.39 is 33.1 Å². The Bertz CT molecular complexity index is 1100. The molecule has 11 heteroatoms. The van der Waals surface area contributed by atoms with Crippen LogP contribution >= 0.6 is 0 Å². The number of carbonyl (C=O) groups is 1. The number of sulfonamides is 1. The maximum absolute atomic E-state index is 13.4. The van der Waals surface area contributed by atoms with Crippen LogP contribution in [-0.4, -0.2) is 40.9 Å². The molecule has 1 aliphatic rings. The van der Waals surface area contributed by atoms with Gasteiger partial charge in [-0.25, -0.2) is 8.42 Å². The molecule has 2 aromatic rings. The average Bonchev–Trinajstić information content (AvgIpc) is 2.73. The third kappa shape index (κ3) is 5.33. The Labute approximate surface area is 184 Å². The first kappa shape index (κ1) is 23.9. The highest BCUT2D eigenvalue weighted by molar-refractivity contribution is 7.92. The van der Waals surface area contributed by atoms with Gasteiger partial charge in [0.1, 0.15) is 5.75 Å². The predicted molar refractivity (Wildman–Crippen MR) is 113 cm³/mol. The lowest BCUT2D eigenvalue weighted by Gasteiger charge is -2.36. The molecule has 1 amide bonds. The van der Waals surface area contributed by atoms with Gasteiger partial charge in [0.05, 0.1) is 30.0 Å². The number of nitrogens with one attached hydrogen (secondary N) is 2. The highest BCUT2D eigenvalue weighted by atomic mass is 32.2. The lowest BCUT2D eigenvalue weighted by atomic mass is 9.73. The van der Waals surface area contributed by atoms with Crippen molar-refractivity contribution < 1.29 is 35.9 Å². The lowest BCUT2D eigenvalue weighted by Crippen LogP contribution is -2.45. The first-order chi connectivity index (χ1) is 14.9. The van der Waals surface area contributed by atoms with Crippen LogP contribution in [0.5, 0.6) is 5.75 Å². The van der Waals surface area contributed by atoms with Crippen LogP contribution in [-0.2, 0) is 31.1 Å². The number of alkyl halides is 3. The molecule has 174 valence electrons. The summed E-state index contributed by atoms with van der Waals surface area (Å²) in [5.41, 5.74) is -1.28. The van der Waals surface area contributed by atoms with Crippen molar-refractivity contribution in [1.29, 1.82) is 0 Å². The van der Waals surface area contributed by atoms with E-state index in [1.165, 1.54) is 37.4 Å². The summed E-state index contributed by atoms with van der Waals surface area (Å²) >= 11 is 0. The highest BCUT2D eigenvalue weighted by Gasteiger charge is 2.43. The van der Waals surface area contributed by atoms with Crippen LogP contribution in [0, 0.1) is 0 Å². The minimum atomic E-state index is -4.53. The Morgan fingerprint density at radius 2 is 1.81 bits per heavy atom. The van der Waals surface area contributed by atoms with Gasteiger partial charge in [0, 0.05) is 25.0 Å². The van der Waals surface area contributed by atoms with E-state index >= 15 is 0 Å². The van der Waals surface area contributed by atoms with Gasteiger partial charge in [-0.1, -0.05) is 18.2 Å². The molecule has 0 saturated carbocycles. The van der Waals surface area contributed by atoms with E-state index in [0.717, 1.165) is 18.4 Å². The second-order valence-electron chi connectivity index (χ2n) is 7.52. The van der Waals surface area contributed by atoms with E-state index in [9.17, 15) is 26.4 Å². The molecule has 1 saturated heterocycles. The molecule has 1 heterocycles. The van der Waals surface area contributed by atoms with Crippen LogP contribution in [0.15, 0.2) is 42.5 Å². The molecular formula is C21H23F3N2O5S. The number of hydrogen-bond donors (Lipinski definition) is 2. The number of ether oxygens (including phenoxy) is 2. The van der Waals surface area contributed by atoms with E-state index in [-0.39, 0.29) is 43.1 Å². The Balaban J connectivity index is 1.94. The van der Waals surface area contributed by atoms with Crippen molar-refractivity contribution in [3.63, 3.8) is 0 Å². The number of hydrogen-bond acceptors (Lipinski definition) is 5. The fourth-order valence-electron chi connectivity index (χ4n) is 3.66. The van der Waals surface area contributed by atoms with Gasteiger partial charge in [0.15, 0.2) is 0 Å². The zero-order valence-corrected chi connectivity index (χ0v) is 18.3. The number of carbonyl (C=O) groups excluding carboxylic acids is 1. The van der Waals surface area contributed by atoms with Crippen molar-refractivity contribution in [1.82, 2.24) is 0 Å². The number of amides is 1. The molecule has 0 aromatic heterocycles. The first-order valence-corrected chi connectivity index (χ1v) is 11.6. The van der Waals surface area contributed by atoms with Gasteiger partial charge in [-0.2, -0.15) is 13.2 Å². The molecule has 0 spiro atoms. The summed E-state index contributed by atoms with van der Waals surface area (Å²) in [4.78, 5) is 13.4. The fourth-order valence-corrected chi connectivity index (χ4v) is 4.23. The molecular weight excluding hydrogens is 449 g/mol. The SMILES string of the molecule is COc1cc(NC(=O)C2(c3cccc(C(F)(F)F)c3)CCOCC2)ccc1NS(C)(=O)=O. The summed E-state index contributed by atoms with van der Waals surface area (Å²) in [6.45, 7) is 0.453. The van der Waals surface area contributed by atoms with Crippen LogP contribution in [0.3, 0.4) is 0 Å². The Kier molecular flexibility index (Phi) is 6.70. The first-order valence-electron chi connectivity index (χ1n) is 9.67.